The second-order valence-corrected chi connectivity index (χ2v) is 8.10. The number of piperazine rings is 1. The molecule has 172 valence electrons. The van der Waals surface area contributed by atoms with E-state index in [1.807, 2.05) is 36.1 Å². The monoisotopic (exact) mass is 441 g/mol. The molecule has 8 nitrogen and oxygen atoms in total. The van der Waals surface area contributed by atoms with Gasteiger partial charge in [0.05, 0.1) is 37.9 Å². The molecule has 2 aromatic rings. The molecular formula is C24H31N3O5. The van der Waals surface area contributed by atoms with E-state index in [-0.39, 0.29) is 17.7 Å². The van der Waals surface area contributed by atoms with Crippen molar-refractivity contribution in [2.75, 3.05) is 40.4 Å². The highest BCUT2D eigenvalue weighted by atomic mass is 16.5. The number of nitrogens with zero attached hydrogens (tertiary/aromatic N) is 2. The van der Waals surface area contributed by atoms with Crippen LogP contribution < -0.4 is 4.74 Å². The van der Waals surface area contributed by atoms with Crippen molar-refractivity contribution in [2.45, 2.75) is 33.2 Å². The number of aromatic amines is 1. The lowest BCUT2D eigenvalue weighted by molar-refractivity contribution is -0.132. The van der Waals surface area contributed by atoms with Gasteiger partial charge in [-0.05, 0) is 44.0 Å². The van der Waals surface area contributed by atoms with E-state index in [2.05, 4.69) is 9.88 Å². The standard InChI is InChI=1S/C24H31N3O5/c1-15-21(24(30)32-5)16(2)25-22(15)23(29)17(3)26-9-11-27(12-10-26)20(28)14-18-7-6-8-19(13-18)31-4/h6-8,13,17,25H,9-12,14H2,1-5H3. The maximum absolute atomic E-state index is 13.1. The number of aryl methyl sites for hydroxylation is 1. The summed E-state index contributed by atoms with van der Waals surface area (Å²) in [5, 5.41) is 0. The molecule has 32 heavy (non-hydrogen) atoms. The Morgan fingerprint density at radius 1 is 1.09 bits per heavy atom. The average molecular weight is 442 g/mol. The summed E-state index contributed by atoms with van der Waals surface area (Å²) in [6.45, 7) is 7.73. The zero-order valence-electron chi connectivity index (χ0n) is 19.4. The van der Waals surface area contributed by atoms with E-state index >= 15 is 0 Å². The second kappa shape index (κ2) is 9.99. The van der Waals surface area contributed by atoms with Gasteiger partial charge in [0, 0.05) is 31.9 Å². The number of benzene rings is 1. The number of ketones is 1. The Hall–Kier alpha value is -3.13. The fraction of sp³-hybridized carbons (Fsp3) is 0.458. The first-order chi connectivity index (χ1) is 15.3. The molecule has 1 aromatic carbocycles. The molecule has 0 radical (unpaired) electrons. The summed E-state index contributed by atoms with van der Waals surface area (Å²) in [7, 11) is 2.93. The number of esters is 1. The molecule has 1 aromatic heterocycles. The number of H-pyrrole nitrogens is 1. The van der Waals surface area contributed by atoms with Crippen molar-refractivity contribution in [3.8, 4) is 5.75 Å². The number of hydrogen-bond donors (Lipinski definition) is 1. The molecule has 0 spiro atoms. The van der Waals surface area contributed by atoms with E-state index in [1.54, 1.807) is 21.0 Å². The molecule has 0 aliphatic carbocycles. The minimum Gasteiger partial charge on any atom is -0.497 e. The quantitative estimate of drug-likeness (QED) is 0.524. The number of methoxy groups -OCH3 is 2. The van der Waals surface area contributed by atoms with E-state index in [9.17, 15) is 14.4 Å². The molecule has 1 aliphatic rings. The number of hydrogen-bond acceptors (Lipinski definition) is 6. The number of carbonyl (C=O) groups is 3. The van der Waals surface area contributed by atoms with Crippen LogP contribution in [0.25, 0.3) is 0 Å². The number of rotatable bonds is 7. The number of Topliss-reactive ketones (excluding diaryl/α,β-unsaturated/α-hetero) is 1. The lowest BCUT2D eigenvalue weighted by Crippen LogP contribution is -2.53. The van der Waals surface area contributed by atoms with Gasteiger partial charge >= 0.3 is 5.97 Å². The van der Waals surface area contributed by atoms with Crippen LogP contribution in [0.5, 0.6) is 5.75 Å². The lowest BCUT2D eigenvalue weighted by Gasteiger charge is -2.37. The molecule has 1 atom stereocenters. The number of aromatic nitrogens is 1. The van der Waals surface area contributed by atoms with Crippen LogP contribution in [0.1, 0.15) is 44.6 Å². The minimum atomic E-state index is -0.453. The molecular weight excluding hydrogens is 410 g/mol. The Kier molecular flexibility index (Phi) is 7.35. The van der Waals surface area contributed by atoms with Gasteiger partial charge in [0.1, 0.15) is 5.75 Å². The highest BCUT2D eigenvalue weighted by molar-refractivity contribution is 6.03. The van der Waals surface area contributed by atoms with Crippen molar-refractivity contribution in [3.05, 3.63) is 52.3 Å². The number of nitrogens with one attached hydrogen (secondary N) is 1. The minimum absolute atomic E-state index is 0.0652. The second-order valence-electron chi connectivity index (χ2n) is 8.10. The van der Waals surface area contributed by atoms with Crippen LogP contribution >= 0.6 is 0 Å². The van der Waals surface area contributed by atoms with E-state index in [4.69, 9.17) is 9.47 Å². The van der Waals surface area contributed by atoms with Gasteiger partial charge in [-0.3, -0.25) is 14.5 Å². The van der Waals surface area contributed by atoms with E-state index < -0.39 is 5.97 Å². The molecule has 1 aliphatic heterocycles. The largest absolute Gasteiger partial charge is 0.497 e. The van der Waals surface area contributed by atoms with E-state index in [0.717, 1.165) is 11.3 Å². The number of ether oxygens (including phenoxy) is 2. The molecule has 1 amide bonds. The van der Waals surface area contributed by atoms with Crippen LogP contribution in [0.15, 0.2) is 24.3 Å². The Morgan fingerprint density at radius 2 is 1.78 bits per heavy atom. The van der Waals surface area contributed by atoms with Crippen LogP contribution in [-0.4, -0.2) is 78.9 Å². The van der Waals surface area contributed by atoms with Gasteiger partial charge in [-0.15, -0.1) is 0 Å². The summed E-state index contributed by atoms with van der Waals surface area (Å²) in [6, 6.07) is 7.15. The molecule has 3 rings (SSSR count). The fourth-order valence-corrected chi connectivity index (χ4v) is 4.21. The summed E-state index contributed by atoms with van der Waals surface area (Å²) in [4.78, 5) is 44.9. The van der Waals surface area contributed by atoms with E-state index in [0.29, 0.717) is 55.1 Å². The van der Waals surface area contributed by atoms with Crippen LogP contribution in [0.2, 0.25) is 0 Å². The maximum atomic E-state index is 13.1. The molecule has 8 heteroatoms. The molecule has 0 bridgehead atoms. The third-order valence-electron chi connectivity index (χ3n) is 6.16. The molecule has 2 heterocycles. The summed E-state index contributed by atoms with van der Waals surface area (Å²) < 4.78 is 10.1. The SMILES string of the molecule is COC(=O)c1c(C)[nH]c(C(=O)C(C)N2CCN(C(=O)Cc3cccc(OC)c3)CC2)c1C. The van der Waals surface area contributed by atoms with Crippen LogP contribution in [0.4, 0.5) is 0 Å². The Bertz CT molecular complexity index is 1010. The van der Waals surface area contributed by atoms with Crippen molar-refractivity contribution in [3.63, 3.8) is 0 Å². The van der Waals surface area contributed by atoms with Gasteiger partial charge < -0.3 is 19.4 Å². The van der Waals surface area contributed by atoms with Crippen LogP contribution in [-0.2, 0) is 16.0 Å². The number of carbonyl (C=O) groups excluding carboxylic acids is 3. The predicted octanol–water partition coefficient (Wildman–Crippen LogP) is 2.38. The first-order valence-corrected chi connectivity index (χ1v) is 10.7. The van der Waals surface area contributed by atoms with Gasteiger partial charge in [0.15, 0.2) is 5.78 Å². The third kappa shape index (κ3) is 4.85. The highest BCUT2D eigenvalue weighted by Gasteiger charge is 2.31. The smallest absolute Gasteiger partial charge is 0.339 e. The molecule has 1 saturated heterocycles. The Morgan fingerprint density at radius 3 is 2.41 bits per heavy atom. The summed E-state index contributed by atoms with van der Waals surface area (Å²) in [6.07, 6.45) is 0.322. The summed E-state index contributed by atoms with van der Waals surface area (Å²) in [5.41, 5.74) is 3.00. The maximum Gasteiger partial charge on any atom is 0.339 e. The first-order valence-electron chi connectivity index (χ1n) is 10.7. The lowest BCUT2D eigenvalue weighted by atomic mass is 10.0. The van der Waals surface area contributed by atoms with Crippen molar-refractivity contribution >= 4 is 17.7 Å². The van der Waals surface area contributed by atoms with Gasteiger partial charge in [-0.2, -0.15) is 0 Å². The van der Waals surface area contributed by atoms with Crippen LogP contribution in [0, 0.1) is 13.8 Å². The zero-order valence-corrected chi connectivity index (χ0v) is 19.4. The highest BCUT2D eigenvalue weighted by Crippen LogP contribution is 2.22. The normalized spacial score (nSPS) is 15.3. The zero-order chi connectivity index (χ0) is 23.4. The summed E-state index contributed by atoms with van der Waals surface area (Å²) in [5.74, 6) is 0.274. The summed E-state index contributed by atoms with van der Waals surface area (Å²) >= 11 is 0. The van der Waals surface area contributed by atoms with Crippen molar-refractivity contribution in [1.29, 1.82) is 0 Å². The van der Waals surface area contributed by atoms with Gasteiger partial charge in [-0.1, -0.05) is 12.1 Å². The Balaban J connectivity index is 1.60. The molecule has 1 fully saturated rings. The first kappa shape index (κ1) is 23.5. The number of amides is 1. The van der Waals surface area contributed by atoms with Crippen LogP contribution in [0.3, 0.4) is 0 Å². The topological polar surface area (TPSA) is 91.9 Å². The third-order valence-corrected chi connectivity index (χ3v) is 6.16. The fourth-order valence-electron chi connectivity index (χ4n) is 4.21. The van der Waals surface area contributed by atoms with Crippen molar-refractivity contribution in [2.24, 2.45) is 0 Å². The molecule has 0 saturated carbocycles. The molecule has 1 unspecified atom stereocenters. The molecule has 1 N–H and O–H groups in total. The average Bonchev–Trinajstić information content (AvgIpc) is 3.11. The van der Waals surface area contributed by atoms with Crippen molar-refractivity contribution in [1.82, 2.24) is 14.8 Å². The van der Waals surface area contributed by atoms with Gasteiger partial charge in [-0.25, -0.2) is 4.79 Å². The Labute approximate surface area is 188 Å². The van der Waals surface area contributed by atoms with Gasteiger partial charge in [0.25, 0.3) is 0 Å². The van der Waals surface area contributed by atoms with E-state index in [1.165, 1.54) is 7.11 Å². The van der Waals surface area contributed by atoms with Gasteiger partial charge in [0.2, 0.25) is 5.91 Å². The van der Waals surface area contributed by atoms with Crippen molar-refractivity contribution < 1.29 is 23.9 Å². The predicted molar refractivity (Wildman–Crippen MR) is 120 cm³/mol.